The first kappa shape index (κ1) is 49.7. The van der Waals surface area contributed by atoms with Crippen LogP contribution in [0.15, 0.2) is 188 Å². The van der Waals surface area contributed by atoms with Crippen molar-refractivity contribution >= 4 is 93.8 Å². The molecule has 1 aliphatic rings. The number of anilines is 6. The molecular formula is C75H73N3. The maximum Gasteiger partial charge on any atom is 0.0626 e. The van der Waals surface area contributed by atoms with Gasteiger partial charge in [-0.05, 0) is 191 Å². The van der Waals surface area contributed by atoms with Crippen LogP contribution in [-0.2, 0) is 27.1 Å². The third kappa shape index (κ3) is 7.90. The molecule has 0 amide bonds. The van der Waals surface area contributed by atoms with E-state index in [2.05, 4.69) is 299 Å². The molecule has 2 aromatic heterocycles. The van der Waals surface area contributed by atoms with E-state index in [1.807, 2.05) is 0 Å². The van der Waals surface area contributed by atoms with Crippen molar-refractivity contribution in [1.82, 2.24) is 4.40 Å². The predicted octanol–water partition coefficient (Wildman–Crippen LogP) is 21.6. The largest absolute Gasteiger partial charge is 0.310 e. The first-order chi connectivity index (χ1) is 36.9. The quantitative estimate of drug-likeness (QED) is 0.164. The predicted molar refractivity (Wildman–Crippen MR) is 338 cm³/mol. The molecule has 0 bridgehead atoms. The van der Waals surface area contributed by atoms with Crippen LogP contribution in [0.3, 0.4) is 0 Å². The molecule has 0 saturated carbocycles. The summed E-state index contributed by atoms with van der Waals surface area (Å²) < 4.78 is 2.60. The van der Waals surface area contributed by atoms with Gasteiger partial charge in [-0.15, -0.1) is 0 Å². The molecule has 13 rings (SSSR count). The van der Waals surface area contributed by atoms with Crippen LogP contribution in [0.1, 0.15) is 130 Å². The maximum atomic E-state index is 2.60. The molecule has 0 aliphatic heterocycles. The molecule has 3 heteroatoms. The monoisotopic (exact) mass is 1020 g/mol. The normalized spacial score (nSPS) is 13.9. The molecule has 0 radical (unpaired) electrons. The summed E-state index contributed by atoms with van der Waals surface area (Å²) in [6, 6.07) is 72.5. The lowest BCUT2D eigenvalue weighted by molar-refractivity contribution is 0.590. The maximum absolute atomic E-state index is 2.60. The molecule has 12 aromatic rings. The molecule has 388 valence electrons. The van der Waals surface area contributed by atoms with Gasteiger partial charge in [0.25, 0.3) is 0 Å². The topological polar surface area (TPSA) is 10.9 Å². The molecule has 1 aliphatic carbocycles. The Hall–Kier alpha value is -7.88. The molecule has 0 saturated heterocycles. The Morgan fingerprint density at radius 2 is 0.705 bits per heavy atom. The van der Waals surface area contributed by atoms with Crippen molar-refractivity contribution in [3.05, 3.63) is 221 Å². The standard InChI is InChI=1S/C75H73N3/c1-71(2,3)50-21-31-54(32-22-50)76(55-33-23-51(24-34-55)72(4,5)6)58-29-19-46-43-66-61(41-48(46)39-58)62-45-65-68(60-17-15-16-18-64(60)75(65,13)14)69-63-42-49-40-59(30-20-47(49)44-67(63)78(66)70(62)69)77(56-35-25-52(26-36-56)73(7,8)9)57-37-27-53(28-38-57)74(10,11)12/h15-45H,1-14H3. The number of fused-ring (bicyclic) bond motifs is 12. The fraction of sp³-hybridized carbons (Fsp3) is 0.253. The van der Waals surface area contributed by atoms with Crippen molar-refractivity contribution in [3.63, 3.8) is 0 Å². The lowest BCUT2D eigenvalue weighted by atomic mass is 9.81. The summed E-state index contributed by atoms with van der Waals surface area (Å²) in [5, 5.41) is 10.1. The summed E-state index contributed by atoms with van der Waals surface area (Å²) in [4.78, 5) is 4.86. The summed E-state index contributed by atoms with van der Waals surface area (Å²) in [5.41, 5.74) is 21.5. The van der Waals surface area contributed by atoms with Crippen LogP contribution in [0.5, 0.6) is 0 Å². The van der Waals surface area contributed by atoms with Crippen LogP contribution in [0.25, 0.3) is 70.8 Å². The SMILES string of the molecule is CC(C)(C)c1ccc(N(c2ccc(C(C)(C)C)cc2)c2ccc3cc4c(cc3c2)c2cc3c(c5c6cc7cc(N(c8ccc(C(C)(C)C)cc8)c8ccc(C(C)(C)C)cc8)ccc7cc6n4c25)-c2ccccc2C3(C)C)cc1. The minimum Gasteiger partial charge on any atom is -0.310 e. The number of nitrogens with zero attached hydrogens (tertiary/aromatic N) is 3. The summed E-state index contributed by atoms with van der Waals surface area (Å²) >= 11 is 0. The smallest absolute Gasteiger partial charge is 0.0626 e. The lowest BCUT2D eigenvalue weighted by Gasteiger charge is -2.28. The van der Waals surface area contributed by atoms with Crippen molar-refractivity contribution in [1.29, 1.82) is 0 Å². The van der Waals surface area contributed by atoms with Crippen LogP contribution >= 0.6 is 0 Å². The third-order valence-corrected chi connectivity index (χ3v) is 17.5. The van der Waals surface area contributed by atoms with E-state index < -0.39 is 0 Å². The lowest BCUT2D eigenvalue weighted by Crippen LogP contribution is -2.14. The van der Waals surface area contributed by atoms with E-state index in [1.165, 1.54) is 104 Å². The first-order valence-corrected chi connectivity index (χ1v) is 28.2. The highest BCUT2D eigenvalue weighted by atomic mass is 15.1. The van der Waals surface area contributed by atoms with Crippen molar-refractivity contribution in [2.75, 3.05) is 9.80 Å². The second-order valence-corrected chi connectivity index (χ2v) is 27.2. The van der Waals surface area contributed by atoms with Crippen LogP contribution in [-0.4, -0.2) is 4.40 Å². The highest BCUT2D eigenvalue weighted by molar-refractivity contribution is 6.30. The average molecular weight is 1020 g/mol. The summed E-state index contributed by atoms with van der Waals surface area (Å²) in [6.07, 6.45) is 0. The Labute approximate surface area is 462 Å². The van der Waals surface area contributed by atoms with Gasteiger partial charge in [-0.1, -0.05) is 182 Å². The number of aromatic nitrogens is 1. The number of rotatable bonds is 6. The second kappa shape index (κ2) is 17.1. The van der Waals surface area contributed by atoms with E-state index in [0.29, 0.717) is 0 Å². The zero-order chi connectivity index (χ0) is 54.6. The molecule has 2 heterocycles. The average Bonchev–Trinajstić information content (AvgIpc) is 2.60. The Morgan fingerprint density at radius 1 is 0.333 bits per heavy atom. The Balaban J connectivity index is 1.02. The van der Waals surface area contributed by atoms with E-state index in [-0.39, 0.29) is 27.1 Å². The van der Waals surface area contributed by atoms with E-state index in [4.69, 9.17) is 0 Å². The first-order valence-electron chi connectivity index (χ1n) is 28.2. The van der Waals surface area contributed by atoms with E-state index >= 15 is 0 Å². The van der Waals surface area contributed by atoms with Crippen LogP contribution in [0, 0.1) is 0 Å². The van der Waals surface area contributed by atoms with Gasteiger partial charge in [-0.2, -0.15) is 0 Å². The van der Waals surface area contributed by atoms with Crippen molar-refractivity contribution in [2.45, 2.75) is 124 Å². The van der Waals surface area contributed by atoms with Crippen LogP contribution < -0.4 is 9.80 Å². The molecular weight excluding hydrogens is 943 g/mol. The van der Waals surface area contributed by atoms with Gasteiger partial charge in [0.15, 0.2) is 0 Å². The molecule has 0 spiro atoms. The van der Waals surface area contributed by atoms with Gasteiger partial charge in [-0.3, -0.25) is 0 Å². The molecule has 0 fully saturated rings. The zero-order valence-corrected chi connectivity index (χ0v) is 48.2. The summed E-state index contributed by atoms with van der Waals surface area (Å²) in [6.45, 7) is 32.3. The molecule has 0 atom stereocenters. The highest BCUT2D eigenvalue weighted by Gasteiger charge is 2.39. The number of hydrogen-bond donors (Lipinski definition) is 0. The van der Waals surface area contributed by atoms with Gasteiger partial charge >= 0.3 is 0 Å². The van der Waals surface area contributed by atoms with Crippen molar-refractivity contribution < 1.29 is 0 Å². The van der Waals surface area contributed by atoms with Gasteiger partial charge in [-0.25, -0.2) is 0 Å². The second-order valence-electron chi connectivity index (χ2n) is 27.2. The van der Waals surface area contributed by atoms with Gasteiger partial charge in [0.2, 0.25) is 0 Å². The van der Waals surface area contributed by atoms with Crippen LogP contribution in [0.4, 0.5) is 34.1 Å². The molecule has 0 N–H and O–H groups in total. The number of benzene rings is 10. The summed E-state index contributed by atoms with van der Waals surface area (Å²) in [5.74, 6) is 0. The minimum absolute atomic E-state index is 0.0577. The Morgan fingerprint density at radius 3 is 1.12 bits per heavy atom. The van der Waals surface area contributed by atoms with Gasteiger partial charge in [0.1, 0.15) is 0 Å². The zero-order valence-electron chi connectivity index (χ0n) is 48.2. The Kier molecular flexibility index (Phi) is 10.9. The summed E-state index contributed by atoms with van der Waals surface area (Å²) in [7, 11) is 0. The minimum atomic E-state index is -0.182. The van der Waals surface area contributed by atoms with E-state index in [0.717, 1.165) is 34.1 Å². The molecule has 0 unspecified atom stereocenters. The van der Waals surface area contributed by atoms with E-state index in [1.54, 1.807) is 0 Å². The fourth-order valence-corrected chi connectivity index (χ4v) is 12.9. The van der Waals surface area contributed by atoms with E-state index in [9.17, 15) is 0 Å². The third-order valence-electron chi connectivity index (χ3n) is 17.5. The molecule has 3 nitrogen and oxygen atoms in total. The Bertz CT molecular complexity index is 4210. The van der Waals surface area contributed by atoms with Gasteiger partial charge < -0.3 is 14.2 Å². The fourth-order valence-electron chi connectivity index (χ4n) is 12.9. The van der Waals surface area contributed by atoms with Crippen molar-refractivity contribution in [2.24, 2.45) is 0 Å². The molecule has 78 heavy (non-hydrogen) atoms. The van der Waals surface area contributed by atoms with Crippen molar-refractivity contribution in [3.8, 4) is 11.1 Å². The molecule has 10 aromatic carbocycles. The number of hydrogen-bond acceptors (Lipinski definition) is 2. The highest BCUT2D eigenvalue weighted by Crippen LogP contribution is 2.56. The van der Waals surface area contributed by atoms with Crippen LogP contribution in [0.2, 0.25) is 0 Å². The van der Waals surface area contributed by atoms with Gasteiger partial charge in [0, 0.05) is 61.1 Å². The van der Waals surface area contributed by atoms with Gasteiger partial charge in [0.05, 0.1) is 16.6 Å².